The number of carbonyl (C=O) groups is 3. The van der Waals surface area contributed by atoms with Crippen molar-refractivity contribution in [2.45, 2.75) is 37.3 Å². The lowest BCUT2D eigenvalue weighted by atomic mass is 9.98. The molecule has 2 N–H and O–H groups in total. The van der Waals surface area contributed by atoms with Crippen molar-refractivity contribution >= 4 is 17.8 Å². The number of nitrogens with one attached hydrogen (secondary N) is 2. The molecule has 0 bridgehead atoms. The van der Waals surface area contributed by atoms with Gasteiger partial charge >= 0.3 is 6.03 Å². The number of benzene rings is 1. The summed E-state index contributed by atoms with van der Waals surface area (Å²) in [5.74, 6) is -0.592. The molecule has 3 fully saturated rings. The number of amides is 4. The number of urea groups is 1. The molecule has 1 aromatic carbocycles. The van der Waals surface area contributed by atoms with Crippen molar-refractivity contribution in [1.29, 1.82) is 0 Å². The maximum Gasteiger partial charge on any atom is 0.325 e. The lowest BCUT2D eigenvalue weighted by molar-refractivity contribution is -0.135. The molecule has 2 saturated heterocycles. The van der Waals surface area contributed by atoms with Gasteiger partial charge in [-0.25, -0.2) is 4.79 Å². The SMILES string of the molecule is O=C(CN1C(=O)NC2(CCCC2)C1=O)NC(CN1CCOCC1)c1ccccc1. The van der Waals surface area contributed by atoms with E-state index in [1.807, 2.05) is 30.3 Å². The highest BCUT2D eigenvalue weighted by Gasteiger charge is 2.52. The van der Waals surface area contributed by atoms with E-state index in [-0.39, 0.29) is 24.4 Å². The lowest BCUT2D eigenvalue weighted by Crippen LogP contribution is -2.47. The zero-order chi connectivity index (χ0) is 20.3. The molecule has 1 aliphatic carbocycles. The molecule has 1 aromatic rings. The van der Waals surface area contributed by atoms with Crippen LogP contribution in [0.4, 0.5) is 4.79 Å². The number of nitrogens with zero attached hydrogens (tertiary/aromatic N) is 2. The van der Waals surface area contributed by atoms with Gasteiger partial charge in [-0.1, -0.05) is 43.2 Å². The van der Waals surface area contributed by atoms with Gasteiger partial charge < -0.3 is 15.4 Å². The third-order valence-corrected chi connectivity index (χ3v) is 6.09. The Kier molecular flexibility index (Phi) is 5.82. The first-order chi connectivity index (χ1) is 14.1. The minimum Gasteiger partial charge on any atom is -0.379 e. The third-order valence-electron chi connectivity index (χ3n) is 6.09. The Labute approximate surface area is 170 Å². The van der Waals surface area contributed by atoms with Crippen LogP contribution in [0.25, 0.3) is 0 Å². The predicted octanol–water partition coefficient (Wildman–Crippen LogP) is 1.04. The van der Waals surface area contributed by atoms with Crippen LogP contribution in [-0.4, -0.2) is 72.6 Å². The smallest absolute Gasteiger partial charge is 0.325 e. The van der Waals surface area contributed by atoms with Crippen molar-refractivity contribution in [3.63, 3.8) is 0 Å². The molecule has 29 heavy (non-hydrogen) atoms. The van der Waals surface area contributed by atoms with E-state index in [9.17, 15) is 14.4 Å². The van der Waals surface area contributed by atoms with Crippen LogP contribution >= 0.6 is 0 Å². The van der Waals surface area contributed by atoms with E-state index < -0.39 is 11.6 Å². The fourth-order valence-electron chi connectivity index (χ4n) is 4.48. The number of morpholine rings is 1. The van der Waals surface area contributed by atoms with Crippen LogP contribution in [0.3, 0.4) is 0 Å². The second-order valence-electron chi connectivity index (χ2n) is 8.05. The van der Waals surface area contributed by atoms with E-state index in [0.717, 1.165) is 36.4 Å². The molecule has 4 amide bonds. The summed E-state index contributed by atoms with van der Waals surface area (Å²) in [5.41, 5.74) is 0.209. The first-order valence-electron chi connectivity index (χ1n) is 10.4. The maximum atomic E-state index is 12.8. The molecule has 8 nitrogen and oxygen atoms in total. The summed E-state index contributed by atoms with van der Waals surface area (Å²) >= 11 is 0. The molecular formula is C21H28N4O4. The van der Waals surface area contributed by atoms with Crippen LogP contribution < -0.4 is 10.6 Å². The highest BCUT2D eigenvalue weighted by atomic mass is 16.5. The van der Waals surface area contributed by atoms with E-state index in [1.54, 1.807) is 0 Å². The minimum absolute atomic E-state index is 0.219. The van der Waals surface area contributed by atoms with E-state index >= 15 is 0 Å². The standard InChI is InChI=1S/C21H28N4O4/c26-18(15-25-19(27)21(23-20(25)28)8-4-5-9-21)22-17(16-6-2-1-3-7-16)14-24-10-12-29-13-11-24/h1-3,6-7,17H,4-5,8-15H2,(H,22,26)(H,23,28). The van der Waals surface area contributed by atoms with Gasteiger partial charge in [-0.3, -0.25) is 19.4 Å². The summed E-state index contributed by atoms with van der Waals surface area (Å²) in [4.78, 5) is 41.2. The highest BCUT2D eigenvalue weighted by molar-refractivity contribution is 6.09. The van der Waals surface area contributed by atoms with Gasteiger partial charge in [0.05, 0.1) is 19.3 Å². The second kappa shape index (κ2) is 8.51. The quantitative estimate of drug-likeness (QED) is 0.697. The first-order valence-corrected chi connectivity index (χ1v) is 10.4. The fraction of sp³-hybridized carbons (Fsp3) is 0.571. The van der Waals surface area contributed by atoms with Gasteiger partial charge in [-0.05, 0) is 18.4 Å². The average molecular weight is 400 g/mol. The van der Waals surface area contributed by atoms with Gasteiger partial charge in [0.1, 0.15) is 12.1 Å². The monoisotopic (exact) mass is 400 g/mol. The number of carbonyl (C=O) groups excluding carboxylic acids is 3. The minimum atomic E-state index is -0.788. The van der Waals surface area contributed by atoms with Crippen molar-refractivity contribution in [1.82, 2.24) is 20.4 Å². The van der Waals surface area contributed by atoms with Gasteiger partial charge in [0, 0.05) is 19.6 Å². The number of hydrogen-bond donors (Lipinski definition) is 2. The van der Waals surface area contributed by atoms with E-state index in [1.165, 1.54) is 0 Å². The summed E-state index contributed by atoms with van der Waals surface area (Å²) in [5, 5.41) is 5.85. The van der Waals surface area contributed by atoms with Crippen LogP contribution in [-0.2, 0) is 14.3 Å². The Bertz CT molecular complexity index is 757. The molecule has 0 aromatic heterocycles. The summed E-state index contributed by atoms with van der Waals surface area (Å²) in [6, 6.07) is 9.09. The van der Waals surface area contributed by atoms with E-state index in [4.69, 9.17) is 4.74 Å². The van der Waals surface area contributed by atoms with Crippen LogP contribution in [0.2, 0.25) is 0 Å². The zero-order valence-corrected chi connectivity index (χ0v) is 16.6. The number of hydrogen-bond acceptors (Lipinski definition) is 5. The van der Waals surface area contributed by atoms with Crippen LogP contribution in [0.5, 0.6) is 0 Å². The number of rotatable bonds is 6. The molecular weight excluding hydrogens is 372 g/mol. The fourth-order valence-corrected chi connectivity index (χ4v) is 4.48. The Hall–Kier alpha value is -2.45. The van der Waals surface area contributed by atoms with Crippen molar-refractivity contribution < 1.29 is 19.1 Å². The molecule has 2 heterocycles. The predicted molar refractivity (Wildman–Crippen MR) is 106 cm³/mol. The topological polar surface area (TPSA) is 91.0 Å². The van der Waals surface area contributed by atoms with Gasteiger partial charge in [0.25, 0.3) is 5.91 Å². The summed E-state index contributed by atoms with van der Waals surface area (Å²) in [6.07, 6.45) is 3.14. The molecule has 1 saturated carbocycles. The third kappa shape index (κ3) is 4.28. The zero-order valence-electron chi connectivity index (χ0n) is 16.6. The summed E-state index contributed by atoms with van der Waals surface area (Å²) < 4.78 is 5.41. The van der Waals surface area contributed by atoms with E-state index in [0.29, 0.717) is 32.6 Å². The largest absolute Gasteiger partial charge is 0.379 e. The van der Waals surface area contributed by atoms with Crippen molar-refractivity contribution in [2.24, 2.45) is 0 Å². The van der Waals surface area contributed by atoms with Crippen molar-refractivity contribution in [3.8, 4) is 0 Å². The van der Waals surface area contributed by atoms with Gasteiger partial charge in [-0.2, -0.15) is 0 Å². The Morgan fingerprint density at radius 2 is 1.83 bits per heavy atom. The van der Waals surface area contributed by atoms with Gasteiger partial charge in [0.15, 0.2) is 0 Å². The molecule has 1 spiro atoms. The van der Waals surface area contributed by atoms with Crippen molar-refractivity contribution in [2.75, 3.05) is 39.4 Å². The number of imide groups is 1. The van der Waals surface area contributed by atoms with Gasteiger partial charge in [-0.15, -0.1) is 0 Å². The van der Waals surface area contributed by atoms with Crippen molar-refractivity contribution in [3.05, 3.63) is 35.9 Å². The molecule has 1 atom stereocenters. The van der Waals surface area contributed by atoms with Crippen LogP contribution in [0, 0.1) is 0 Å². The van der Waals surface area contributed by atoms with Crippen LogP contribution in [0.1, 0.15) is 37.3 Å². The second-order valence-corrected chi connectivity index (χ2v) is 8.05. The van der Waals surface area contributed by atoms with E-state index in [2.05, 4.69) is 15.5 Å². The lowest BCUT2D eigenvalue weighted by Gasteiger charge is -2.31. The highest BCUT2D eigenvalue weighted by Crippen LogP contribution is 2.34. The molecule has 3 aliphatic rings. The Balaban J connectivity index is 1.42. The summed E-state index contributed by atoms with van der Waals surface area (Å²) in [7, 11) is 0. The molecule has 8 heteroatoms. The Morgan fingerprint density at radius 1 is 1.14 bits per heavy atom. The molecule has 0 radical (unpaired) electrons. The molecule has 1 unspecified atom stereocenters. The molecule has 4 rings (SSSR count). The first kappa shape index (κ1) is 19.8. The maximum absolute atomic E-state index is 12.8. The van der Waals surface area contributed by atoms with Gasteiger partial charge in [0.2, 0.25) is 5.91 Å². The average Bonchev–Trinajstić information content (AvgIpc) is 3.30. The number of ether oxygens (including phenoxy) is 1. The molecule has 156 valence electrons. The molecule has 2 aliphatic heterocycles. The summed E-state index contributed by atoms with van der Waals surface area (Å²) in [6.45, 7) is 3.39. The Morgan fingerprint density at radius 3 is 2.52 bits per heavy atom. The normalized spacial score (nSPS) is 22.7. The van der Waals surface area contributed by atoms with Crippen LogP contribution in [0.15, 0.2) is 30.3 Å².